The summed E-state index contributed by atoms with van der Waals surface area (Å²) in [6.45, 7) is 2.10. The van der Waals surface area contributed by atoms with E-state index in [0.29, 0.717) is 12.1 Å². The molecule has 2 amide bonds. The number of anilines is 2. The number of azo groups is 4. The third-order valence-electron chi connectivity index (χ3n) is 13.9. The van der Waals surface area contributed by atoms with Crippen LogP contribution in [-0.4, -0.2) is 126 Å². The molecule has 38 nitrogen and oxygen atoms in total. The van der Waals surface area contributed by atoms with Gasteiger partial charge in [0.2, 0.25) is 11.8 Å². The zero-order valence-corrected chi connectivity index (χ0v) is 68.9. The Hall–Kier alpha value is -6.54. The zero-order valence-electron chi connectivity index (χ0n) is 54.4. The Kier molecular flexibility index (Phi) is 29.0. The fourth-order valence-electron chi connectivity index (χ4n) is 9.53. The van der Waals surface area contributed by atoms with Gasteiger partial charge in [0.15, 0.2) is 11.5 Å². The molecule has 532 valence electrons. The first-order valence-electron chi connectivity index (χ1n) is 27.1. The molecule has 0 spiro atoms. The van der Waals surface area contributed by atoms with Gasteiger partial charge in [0, 0.05) is 46.2 Å². The average Bonchev–Trinajstić information content (AvgIpc) is 0.758. The van der Waals surface area contributed by atoms with Crippen molar-refractivity contribution >= 4 is 193 Å². The first-order chi connectivity index (χ1) is 47.1. The number of amides is 2. The minimum Gasteiger partial charge on any atom is -0.744 e. The molecule has 50 heteroatoms. The fraction of sp³-hybridized carbons (Fsp3) is 0.0357. The standard InChI is InChI=1S/2C28H21N5O14S4.4Na/c2*1-14(34)29-23-10-11-24(50(42,43)44)20-13-25(51(45,46)47)27(28(35)26(20)23)33-32-22-9-8-21(18-7-6-17(12-19(18)22)49(39,40)41)31-30-15-2-4-16(5-3-15)48(36,37)38;;;;/h2*2-13,35H,1H3,(H,29,34)(H,36,37,38)(H,39,40,41)(H,42,43,44)(H,45,46,47);;;;/q;;4*+1/p-4/b2*31-30+,33-32+;;;;. The number of nitrogens with zero attached hydrogens (tertiary/aromatic N) is 8. The molecule has 0 aliphatic heterocycles. The Morgan fingerprint density at radius 2 is 0.575 bits per heavy atom. The van der Waals surface area contributed by atoms with Crippen LogP contribution >= 0.6 is 0 Å². The van der Waals surface area contributed by atoms with E-state index in [-0.39, 0.29) is 185 Å². The summed E-state index contributed by atoms with van der Waals surface area (Å²) in [6.07, 6.45) is 0. The summed E-state index contributed by atoms with van der Waals surface area (Å²) in [6, 6.07) is 24.5. The van der Waals surface area contributed by atoms with E-state index < -0.39 is 176 Å². The number of nitrogens with one attached hydrogen (secondary N) is 2. The molecular formula is C56H38N10Na4O28S8. The maximum absolute atomic E-state index is 12.3. The second kappa shape index (κ2) is 34.2. The van der Waals surface area contributed by atoms with E-state index in [0.717, 1.165) is 86.6 Å². The fourth-order valence-corrected chi connectivity index (χ4v) is 14.1. The number of aromatic hydroxyl groups is 2. The van der Waals surface area contributed by atoms with Gasteiger partial charge in [-0.15, -0.1) is 30.7 Å². The molecule has 10 aromatic rings. The molecule has 0 radical (unpaired) electrons. The maximum Gasteiger partial charge on any atom is 1.00 e. The minimum absolute atomic E-state index is 0. The van der Waals surface area contributed by atoms with Crippen LogP contribution in [0.1, 0.15) is 13.8 Å². The van der Waals surface area contributed by atoms with Gasteiger partial charge in [-0.1, -0.05) is 12.1 Å². The number of phenolic OH excluding ortho intramolecular Hbond substituents is 2. The van der Waals surface area contributed by atoms with Gasteiger partial charge in [-0.3, -0.25) is 27.8 Å². The summed E-state index contributed by atoms with van der Waals surface area (Å²) in [5.41, 5.74) is -2.91. The second-order valence-corrected chi connectivity index (χ2v) is 31.8. The van der Waals surface area contributed by atoms with Crippen molar-refractivity contribution < 1.29 is 242 Å². The summed E-state index contributed by atoms with van der Waals surface area (Å²) >= 11 is 0. The smallest absolute Gasteiger partial charge is 0.744 e. The van der Waals surface area contributed by atoms with Crippen LogP contribution in [-0.2, 0) is 90.5 Å². The number of carbonyl (C=O) groups excluding carboxylic acids is 2. The van der Waals surface area contributed by atoms with E-state index in [4.69, 9.17) is 9.11 Å². The molecule has 8 N–H and O–H groups in total. The molecule has 10 rings (SSSR count). The molecule has 0 heterocycles. The van der Waals surface area contributed by atoms with Crippen molar-refractivity contribution in [3.05, 3.63) is 146 Å². The number of hydrogen-bond acceptors (Lipinski definition) is 32. The summed E-state index contributed by atoms with van der Waals surface area (Å²) in [5.74, 6) is -3.84. The molecule has 106 heavy (non-hydrogen) atoms. The first-order valence-corrected chi connectivity index (χ1v) is 38.5. The maximum atomic E-state index is 12.3. The molecule has 0 aromatic heterocycles. The van der Waals surface area contributed by atoms with Crippen molar-refractivity contribution in [2.24, 2.45) is 40.9 Å². The van der Waals surface area contributed by atoms with Crippen LogP contribution in [0.5, 0.6) is 11.5 Å². The molecule has 0 unspecified atom stereocenters. The monoisotopic (exact) mass is 1650 g/mol. The third kappa shape index (κ3) is 21.1. The van der Waals surface area contributed by atoms with Crippen molar-refractivity contribution in [1.29, 1.82) is 0 Å². The van der Waals surface area contributed by atoms with E-state index in [2.05, 4.69) is 51.5 Å². The predicted molar refractivity (Wildman–Crippen MR) is 348 cm³/mol. The first kappa shape index (κ1) is 90.1. The summed E-state index contributed by atoms with van der Waals surface area (Å²) in [5, 5.41) is 55.6. The van der Waals surface area contributed by atoms with Crippen molar-refractivity contribution in [1.82, 2.24) is 0 Å². The summed E-state index contributed by atoms with van der Waals surface area (Å²) in [4.78, 5) is 16.8. The van der Waals surface area contributed by atoms with Crippen molar-refractivity contribution in [2.75, 3.05) is 10.6 Å². The Morgan fingerprint density at radius 1 is 0.311 bits per heavy atom. The Bertz CT molecular complexity index is 6020. The Balaban J connectivity index is 0.000000367. The molecular weight excluding hydrogens is 1610 g/mol. The van der Waals surface area contributed by atoms with Gasteiger partial charge in [-0.05, 0) is 133 Å². The van der Waals surface area contributed by atoms with Gasteiger partial charge in [-0.2, -0.15) is 43.9 Å². The molecule has 0 fully saturated rings. The molecule has 0 saturated heterocycles. The minimum atomic E-state index is -5.60. The van der Waals surface area contributed by atoms with Crippen molar-refractivity contribution in [3.8, 4) is 11.5 Å². The van der Waals surface area contributed by atoms with Gasteiger partial charge < -0.3 is 39.1 Å². The van der Waals surface area contributed by atoms with Crippen molar-refractivity contribution in [2.45, 2.75) is 53.0 Å². The van der Waals surface area contributed by atoms with Crippen LogP contribution in [0.15, 0.2) is 226 Å². The zero-order chi connectivity index (χ0) is 75.4. The average molecular weight is 1650 g/mol. The van der Waals surface area contributed by atoms with Gasteiger partial charge >= 0.3 is 118 Å². The van der Waals surface area contributed by atoms with Crippen LogP contribution in [0.4, 0.5) is 56.9 Å². The Morgan fingerprint density at radius 3 is 0.840 bits per heavy atom. The molecule has 10 aromatic carbocycles. The number of fused-ring (bicyclic) bond motifs is 4. The number of phenols is 2. The van der Waals surface area contributed by atoms with E-state index in [1.54, 1.807) is 0 Å². The van der Waals surface area contributed by atoms with E-state index >= 15 is 0 Å². The third-order valence-corrected chi connectivity index (χ3v) is 20.8. The number of benzene rings is 10. The molecule has 0 atom stereocenters. The van der Waals surface area contributed by atoms with Gasteiger partial charge in [0.25, 0.3) is 40.5 Å². The van der Waals surface area contributed by atoms with Gasteiger partial charge in [0.1, 0.15) is 51.8 Å². The van der Waals surface area contributed by atoms with Crippen LogP contribution < -0.4 is 129 Å². The molecule has 0 saturated carbocycles. The van der Waals surface area contributed by atoms with E-state index in [9.17, 15) is 114 Å². The van der Waals surface area contributed by atoms with E-state index in [1.807, 2.05) is 0 Å². The van der Waals surface area contributed by atoms with Crippen molar-refractivity contribution in [3.63, 3.8) is 0 Å². The van der Waals surface area contributed by atoms with Gasteiger partial charge in [-0.25, -0.2) is 33.7 Å². The van der Waals surface area contributed by atoms with Crippen LogP contribution in [0.2, 0.25) is 0 Å². The summed E-state index contributed by atoms with van der Waals surface area (Å²) in [7, 11) is -40.5. The van der Waals surface area contributed by atoms with E-state index in [1.165, 1.54) is 60.7 Å². The molecule has 0 aliphatic rings. The number of rotatable bonds is 18. The van der Waals surface area contributed by atoms with Crippen LogP contribution in [0.25, 0.3) is 43.1 Å². The molecule has 0 aliphatic carbocycles. The SMILES string of the molecule is CC(=O)Nc1ccc(S(=O)(=O)[O-])c2cc(S(=O)(=O)[O-])c(/N=N/c3ccc(/N=N/c4ccc(S(=O)(=O)O)cc4)c4ccc(S(=O)(=O)O)cc34)c(O)c12.CC(=O)Nc1ccc(S(=O)(=O)[O-])c2cc(S(=O)(=O)[O-])c(/N=N/c3ccc(/N=N/c4ccc(S(=O)(=O)O)cc4)c4ccc(S(=O)(=O)O)cc34)c(O)c12.[Na+].[Na+].[Na+].[Na+]. The van der Waals surface area contributed by atoms with Gasteiger partial charge in [0.05, 0.1) is 95.4 Å². The molecule has 0 bridgehead atoms. The van der Waals surface area contributed by atoms with Crippen LogP contribution in [0.3, 0.4) is 0 Å². The quantitative estimate of drug-likeness (QED) is 0.0252. The topological polar surface area (TPSA) is 644 Å². The Labute approximate surface area is 687 Å². The second-order valence-electron chi connectivity index (χ2n) is 20.7. The number of hydrogen-bond donors (Lipinski definition) is 8. The predicted octanol–water partition coefficient (Wildman–Crippen LogP) is -2.41. The normalized spacial score (nSPS) is 12.5. The summed E-state index contributed by atoms with van der Waals surface area (Å²) < 4.78 is 277. The largest absolute Gasteiger partial charge is 1.00 e. The van der Waals surface area contributed by atoms with Crippen LogP contribution in [0, 0.1) is 0 Å². The number of carbonyl (C=O) groups is 2.